The summed E-state index contributed by atoms with van der Waals surface area (Å²) in [5, 5.41) is 5.85. The number of amides is 2. The molecule has 3 aromatic carbocycles. The first-order valence-electron chi connectivity index (χ1n) is 13.2. The van der Waals surface area contributed by atoms with Crippen molar-refractivity contribution in [2.24, 2.45) is 0 Å². The van der Waals surface area contributed by atoms with Crippen molar-refractivity contribution >= 4 is 12.0 Å². The summed E-state index contributed by atoms with van der Waals surface area (Å²) in [4.78, 5) is 24.7. The van der Waals surface area contributed by atoms with Crippen molar-refractivity contribution in [2.45, 2.75) is 71.4 Å². The number of alkyl carbamates (subject to hydrolysis) is 1. The van der Waals surface area contributed by atoms with E-state index in [2.05, 4.69) is 36.6 Å². The van der Waals surface area contributed by atoms with E-state index in [9.17, 15) is 9.59 Å². The van der Waals surface area contributed by atoms with Gasteiger partial charge in [0.2, 0.25) is 5.91 Å². The first kappa shape index (κ1) is 27.2. The molecular formula is C32H38N2O4. The maximum Gasteiger partial charge on any atom is 0.407 e. The molecule has 1 aliphatic rings. The van der Waals surface area contributed by atoms with Gasteiger partial charge in [0.05, 0.1) is 0 Å². The zero-order chi connectivity index (χ0) is 27.3. The van der Waals surface area contributed by atoms with Gasteiger partial charge in [0.15, 0.2) is 0 Å². The zero-order valence-electron chi connectivity index (χ0n) is 23.0. The predicted octanol–water partition coefficient (Wildman–Crippen LogP) is 6.43. The minimum Gasteiger partial charge on any atom is -0.456 e. The average molecular weight is 515 g/mol. The Hall–Kier alpha value is -3.80. The van der Waals surface area contributed by atoms with E-state index < -0.39 is 11.7 Å². The Morgan fingerprint density at radius 2 is 1.42 bits per heavy atom. The third-order valence-corrected chi connectivity index (χ3v) is 6.76. The number of hydrogen-bond acceptors (Lipinski definition) is 4. The van der Waals surface area contributed by atoms with Crippen LogP contribution < -0.4 is 15.4 Å². The summed E-state index contributed by atoms with van der Waals surface area (Å²) < 4.78 is 12.0. The Labute approximate surface area is 225 Å². The van der Waals surface area contributed by atoms with E-state index >= 15 is 0 Å². The minimum atomic E-state index is -0.540. The van der Waals surface area contributed by atoms with E-state index in [0.29, 0.717) is 32.4 Å². The molecule has 6 heteroatoms. The fourth-order valence-electron chi connectivity index (χ4n) is 4.78. The number of hydrogen-bond donors (Lipinski definition) is 2. The van der Waals surface area contributed by atoms with Crippen molar-refractivity contribution in [1.29, 1.82) is 0 Å². The van der Waals surface area contributed by atoms with Crippen LogP contribution in [0, 0.1) is 0 Å². The van der Waals surface area contributed by atoms with Crippen LogP contribution >= 0.6 is 0 Å². The van der Waals surface area contributed by atoms with Gasteiger partial charge >= 0.3 is 6.09 Å². The number of rotatable bonds is 8. The van der Waals surface area contributed by atoms with Crippen LogP contribution in [0.5, 0.6) is 11.5 Å². The standard InChI is InChI=1S/C32H38N2O4/c1-31(2,3)38-30(36)33-20-19-24-14-10-16-26-29(24)37-28-23(13-9-15-25(28)32(26,4)5)17-18-27(35)34-21-22-11-7-6-8-12-22/h6-16H,17-21H2,1-5H3,(H,33,36)(H,34,35). The molecule has 6 nitrogen and oxygen atoms in total. The van der Waals surface area contributed by atoms with E-state index in [1.54, 1.807) is 0 Å². The average Bonchev–Trinajstić information content (AvgIpc) is 2.86. The molecule has 0 saturated heterocycles. The Morgan fingerprint density at radius 1 is 0.816 bits per heavy atom. The minimum absolute atomic E-state index is 0.0100. The van der Waals surface area contributed by atoms with Crippen LogP contribution in [0.4, 0.5) is 4.79 Å². The van der Waals surface area contributed by atoms with Gasteiger partial charge in [-0.3, -0.25) is 4.79 Å². The first-order valence-corrected chi connectivity index (χ1v) is 13.2. The Balaban J connectivity index is 1.47. The molecule has 0 aromatic heterocycles. The van der Waals surface area contributed by atoms with E-state index in [1.807, 2.05) is 75.4 Å². The fourth-order valence-corrected chi connectivity index (χ4v) is 4.78. The van der Waals surface area contributed by atoms with Crippen molar-refractivity contribution in [2.75, 3.05) is 6.54 Å². The van der Waals surface area contributed by atoms with Gasteiger partial charge in [-0.1, -0.05) is 80.6 Å². The second kappa shape index (κ2) is 11.3. The molecule has 1 aliphatic heterocycles. The number of ether oxygens (including phenoxy) is 2. The van der Waals surface area contributed by atoms with Gasteiger partial charge in [0, 0.05) is 36.1 Å². The fraction of sp³-hybridized carbons (Fsp3) is 0.375. The van der Waals surface area contributed by atoms with E-state index in [0.717, 1.165) is 39.3 Å². The lowest BCUT2D eigenvalue weighted by molar-refractivity contribution is -0.121. The van der Waals surface area contributed by atoms with E-state index in [1.165, 1.54) is 0 Å². The third kappa shape index (κ3) is 6.55. The van der Waals surface area contributed by atoms with Gasteiger partial charge in [-0.2, -0.15) is 0 Å². The molecule has 0 atom stereocenters. The summed E-state index contributed by atoms with van der Waals surface area (Å²) in [6.07, 6.45) is 1.14. The molecule has 38 heavy (non-hydrogen) atoms. The van der Waals surface area contributed by atoms with Gasteiger partial charge < -0.3 is 20.1 Å². The Kier molecular flexibility index (Phi) is 8.10. The van der Waals surface area contributed by atoms with E-state index in [-0.39, 0.29) is 11.3 Å². The smallest absolute Gasteiger partial charge is 0.407 e. The number of nitrogens with one attached hydrogen (secondary N) is 2. The van der Waals surface area contributed by atoms with Crippen LogP contribution in [0.25, 0.3) is 0 Å². The van der Waals surface area contributed by atoms with Crippen LogP contribution in [0.15, 0.2) is 66.7 Å². The highest BCUT2D eigenvalue weighted by Gasteiger charge is 2.36. The van der Waals surface area contributed by atoms with Gasteiger partial charge in [-0.25, -0.2) is 4.79 Å². The molecule has 0 bridgehead atoms. The van der Waals surface area contributed by atoms with Crippen LogP contribution in [0.1, 0.15) is 68.9 Å². The van der Waals surface area contributed by atoms with Crippen molar-refractivity contribution in [3.63, 3.8) is 0 Å². The van der Waals surface area contributed by atoms with Gasteiger partial charge in [0.1, 0.15) is 17.1 Å². The quantitative estimate of drug-likeness (QED) is 0.363. The molecule has 2 N–H and O–H groups in total. The highest BCUT2D eigenvalue weighted by molar-refractivity contribution is 5.76. The number of benzene rings is 3. The molecule has 200 valence electrons. The monoisotopic (exact) mass is 514 g/mol. The van der Waals surface area contributed by atoms with Crippen LogP contribution in [0.2, 0.25) is 0 Å². The molecule has 1 heterocycles. The summed E-state index contributed by atoms with van der Waals surface area (Å²) in [5.74, 6) is 1.67. The van der Waals surface area contributed by atoms with Gasteiger partial charge in [-0.05, 0) is 50.3 Å². The summed E-state index contributed by atoms with van der Waals surface area (Å²) in [7, 11) is 0. The molecule has 0 unspecified atom stereocenters. The zero-order valence-corrected chi connectivity index (χ0v) is 23.0. The summed E-state index contributed by atoms with van der Waals surface area (Å²) in [6.45, 7) is 10.9. The Morgan fingerprint density at radius 3 is 2.03 bits per heavy atom. The summed E-state index contributed by atoms with van der Waals surface area (Å²) >= 11 is 0. The molecule has 0 fully saturated rings. The predicted molar refractivity (Wildman–Crippen MR) is 150 cm³/mol. The molecule has 0 saturated carbocycles. The van der Waals surface area contributed by atoms with Crippen molar-refractivity contribution in [1.82, 2.24) is 10.6 Å². The lowest BCUT2D eigenvalue weighted by atomic mass is 9.74. The number of carbonyl (C=O) groups is 2. The maximum atomic E-state index is 12.6. The van der Waals surface area contributed by atoms with Crippen LogP contribution in [-0.4, -0.2) is 24.1 Å². The van der Waals surface area contributed by atoms with Gasteiger partial charge in [-0.15, -0.1) is 0 Å². The number of aryl methyl sites for hydroxylation is 1. The van der Waals surface area contributed by atoms with Crippen LogP contribution in [0.3, 0.4) is 0 Å². The lowest BCUT2D eigenvalue weighted by Gasteiger charge is -2.36. The largest absolute Gasteiger partial charge is 0.456 e. The molecule has 4 rings (SSSR count). The lowest BCUT2D eigenvalue weighted by Crippen LogP contribution is -2.33. The normalized spacial score (nSPS) is 13.5. The Bertz CT molecular complexity index is 1290. The van der Waals surface area contributed by atoms with Crippen molar-refractivity contribution in [3.05, 3.63) is 94.5 Å². The van der Waals surface area contributed by atoms with Crippen molar-refractivity contribution in [3.8, 4) is 11.5 Å². The summed E-state index contributed by atoms with van der Waals surface area (Å²) in [5.41, 5.74) is 4.51. The number of carbonyl (C=O) groups excluding carboxylic acids is 2. The first-order chi connectivity index (χ1) is 18.0. The molecule has 2 amide bonds. The summed E-state index contributed by atoms with van der Waals surface area (Å²) in [6, 6.07) is 22.3. The maximum absolute atomic E-state index is 12.6. The topological polar surface area (TPSA) is 76.7 Å². The van der Waals surface area contributed by atoms with Crippen LogP contribution in [-0.2, 0) is 34.3 Å². The third-order valence-electron chi connectivity index (χ3n) is 6.76. The number of fused-ring (bicyclic) bond motifs is 2. The molecular weight excluding hydrogens is 476 g/mol. The highest BCUT2D eigenvalue weighted by atomic mass is 16.6. The molecule has 0 radical (unpaired) electrons. The molecule has 0 spiro atoms. The number of para-hydroxylation sites is 2. The van der Waals surface area contributed by atoms with E-state index in [4.69, 9.17) is 9.47 Å². The highest BCUT2D eigenvalue weighted by Crippen LogP contribution is 2.50. The second-order valence-electron chi connectivity index (χ2n) is 11.3. The van der Waals surface area contributed by atoms with Crippen molar-refractivity contribution < 1.29 is 19.1 Å². The molecule has 3 aromatic rings. The van der Waals surface area contributed by atoms with Gasteiger partial charge in [0.25, 0.3) is 0 Å². The molecule has 0 aliphatic carbocycles. The second-order valence-corrected chi connectivity index (χ2v) is 11.3. The SMILES string of the molecule is CC(C)(C)OC(=O)NCCc1cccc2c1Oc1c(CCC(=O)NCc3ccccc3)cccc1C2(C)C.